The molecule has 0 saturated carbocycles. The minimum Gasteiger partial charge on any atom is -0.497 e. The van der Waals surface area contributed by atoms with E-state index in [1.165, 1.54) is 4.68 Å². The van der Waals surface area contributed by atoms with Crippen LogP contribution in [0.3, 0.4) is 0 Å². The molecule has 30 heavy (non-hydrogen) atoms. The van der Waals surface area contributed by atoms with Gasteiger partial charge in [-0.3, -0.25) is 4.79 Å². The number of aryl methyl sites for hydroxylation is 1. The van der Waals surface area contributed by atoms with Gasteiger partial charge in [0.25, 0.3) is 6.43 Å². The smallest absolute Gasteiger partial charge is 0.260 e. The molecule has 1 amide bonds. The van der Waals surface area contributed by atoms with E-state index in [0.717, 1.165) is 29.8 Å². The van der Waals surface area contributed by atoms with Crippen LogP contribution in [0.15, 0.2) is 30.3 Å². The van der Waals surface area contributed by atoms with Crippen molar-refractivity contribution in [1.82, 2.24) is 14.7 Å². The van der Waals surface area contributed by atoms with Crippen LogP contribution in [0, 0.1) is 12.8 Å². The third-order valence-corrected chi connectivity index (χ3v) is 6.19. The summed E-state index contributed by atoms with van der Waals surface area (Å²) in [5, 5.41) is 7.65. The van der Waals surface area contributed by atoms with E-state index in [1.54, 1.807) is 7.11 Å². The minimum absolute atomic E-state index is 0.0759. The lowest BCUT2D eigenvalue weighted by Gasteiger charge is -2.41. The molecule has 3 heterocycles. The maximum atomic E-state index is 13.7. The summed E-state index contributed by atoms with van der Waals surface area (Å²) in [6, 6.07) is 8.30. The van der Waals surface area contributed by atoms with Crippen molar-refractivity contribution in [3.05, 3.63) is 41.6 Å². The molecule has 0 spiro atoms. The van der Waals surface area contributed by atoms with Crippen LogP contribution in [-0.4, -0.2) is 53.3 Å². The first-order valence-electron chi connectivity index (χ1n) is 10.5. The molecule has 0 unspecified atom stereocenters. The molecule has 1 saturated heterocycles. The van der Waals surface area contributed by atoms with Crippen LogP contribution in [-0.2, 0) is 11.2 Å². The highest BCUT2D eigenvalue weighted by Gasteiger charge is 2.38. The fourth-order valence-electron chi connectivity index (χ4n) is 4.60. The standard InChI is InChI=1S/C22H28F2N4O2/c1-14-10-20-25-18(12-19(22(23)24)28(20)26-14)16-4-3-9-27(13-16)21(29)11-15-5-7-17(30-2)8-6-15/h5-8,10,16,18-19,22,25H,3-4,9,11-13H2,1-2H3/t16-,18+,19-/m1/s1. The molecule has 0 aliphatic carbocycles. The number of ether oxygens (including phenoxy) is 1. The van der Waals surface area contributed by atoms with Crippen molar-refractivity contribution in [3.8, 4) is 5.75 Å². The molecule has 0 bridgehead atoms. The van der Waals surface area contributed by atoms with Crippen molar-refractivity contribution in [1.29, 1.82) is 0 Å². The van der Waals surface area contributed by atoms with Gasteiger partial charge in [-0.25, -0.2) is 13.5 Å². The number of aromatic nitrogens is 2. The number of alkyl halides is 2. The SMILES string of the molecule is COc1ccc(CC(=O)N2CCC[C@@H]([C@@H]3C[C@H](C(F)F)n4nc(C)cc4N3)C2)cc1. The molecule has 0 radical (unpaired) electrons. The van der Waals surface area contributed by atoms with Gasteiger partial charge in [0.15, 0.2) is 0 Å². The third-order valence-electron chi connectivity index (χ3n) is 6.19. The summed E-state index contributed by atoms with van der Waals surface area (Å²) in [4.78, 5) is 14.7. The van der Waals surface area contributed by atoms with Crippen molar-refractivity contribution >= 4 is 11.7 Å². The summed E-state index contributed by atoms with van der Waals surface area (Å²) in [7, 11) is 1.61. The number of nitrogens with zero attached hydrogens (tertiary/aromatic N) is 3. The van der Waals surface area contributed by atoms with E-state index in [4.69, 9.17) is 4.74 Å². The Hall–Kier alpha value is -2.64. The minimum atomic E-state index is -2.47. The molecule has 3 atom stereocenters. The number of amides is 1. The second-order valence-electron chi connectivity index (χ2n) is 8.27. The van der Waals surface area contributed by atoms with Gasteiger partial charge in [-0.05, 0) is 49.8 Å². The van der Waals surface area contributed by atoms with Crippen LogP contribution < -0.4 is 10.1 Å². The molecule has 2 aliphatic heterocycles. The molecule has 1 aromatic heterocycles. The summed E-state index contributed by atoms with van der Waals surface area (Å²) >= 11 is 0. The number of nitrogens with one attached hydrogen (secondary N) is 1. The lowest BCUT2D eigenvalue weighted by Crippen LogP contribution is -2.48. The fourth-order valence-corrected chi connectivity index (χ4v) is 4.60. The number of fused-ring (bicyclic) bond motifs is 1. The van der Waals surface area contributed by atoms with Gasteiger partial charge in [-0.2, -0.15) is 5.10 Å². The van der Waals surface area contributed by atoms with Crippen molar-refractivity contribution in [2.45, 2.75) is 51.1 Å². The third kappa shape index (κ3) is 4.27. The lowest BCUT2D eigenvalue weighted by molar-refractivity contribution is -0.132. The summed E-state index contributed by atoms with van der Waals surface area (Å²) < 4.78 is 34.0. The zero-order chi connectivity index (χ0) is 21.3. The first-order valence-corrected chi connectivity index (χ1v) is 10.5. The second-order valence-corrected chi connectivity index (χ2v) is 8.27. The van der Waals surface area contributed by atoms with Gasteiger partial charge in [0.1, 0.15) is 17.6 Å². The predicted molar refractivity (Wildman–Crippen MR) is 110 cm³/mol. The van der Waals surface area contributed by atoms with Crippen molar-refractivity contribution in [2.24, 2.45) is 5.92 Å². The van der Waals surface area contributed by atoms with E-state index in [9.17, 15) is 13.6 Å². The van der Waals surface area contributed by atoms with Crippen LogP contribution in [0.25, 0.3) is 0 Å². The Balaban J connectivity index is 1.42. The highest BCUT2D eigenvalue weighted by molar-refractivity contribution is 5.79. The zero-order valence-corrected chi connectivity index (χ0v) is 17.4. The van der Waals surface area contributed by atoms with Gasteiger partial charge < -0.3 is 15.0 Å². The topological polar surface area (TPSA) is 59.4 Å². The summed E-state index contributed by atoms with van der Waals surface area (Å²) in [6.45, 7) is 3.12. The Morgan fingerprint density at radius 1 is 1.33 bits per heavy atom. The molecule has 162 valence electrons. The summed E-state index contributed by atoms with van der Waals surface area (Å²) in [5.74, 6) is 1.63. The normalized spacial score (nSPS) is 23.8. The Bertz CT molecular complexity index is 884. The maximum absolute atomic E-state index is 13.7. The summed E-state index contributed by atoms with van der Waals surface area (Å²) in [6.07, 6.45) is -0.0108. The van der Waals surface area contributed by atoms with Crippen molar-refractivity contribution in [3.63, 3.8) is 0 Å². The van der Waals surface area contributed by atoms with E-state index in [-0.39, 0.29) is 17.9 Å². The van der Waals surface area contributed by atoms with E-state index < -0.39 is 12.5 Å². The summed E-state index contributed by atoms with van der Waals surface area (Å²) in [5.41, 5.74) is 1.67. The average Bonchev–Trinajstić information content (AvgIpc) is 3.13. The number of rotatable bonds is 5. The Morgan fingerprint density at radius 2 is 2.10 bits per heavy atom. The van der Waals surface area contributed by atoms with Crippen LogP contribution in [0.5, 0.6) is 5.75 Å². The fraction of sp³-hybridized carbons (Fsp3) is 0.545. The Morgan fingerprint density at radius 3 is 2.80 bits per heavy atom. The van der Waals surface area contributed by atoms with E-state index in [2.05, 4.69) is 10.4 Å². The molecular formula is C22H28F2N4O2. The molecule has 6 nitrogen and oxygen atoms in total. The molecular weight excluding hydrogens is 390 g/mol. The molecule has 2 aliphatic rings. The molecule has 1 N–H and O–H groups in total. The first-order chi connectivity index (χ1) is 14.4. The maximum Gasteiger partial charge on any atom is 0.260 e. The zero-order valence-electron chi connectivity index (χ0n) is 17.4. The lowest BCUT2D eigenvalue weighted by atomic mass is 9.85. The number of methoxy groups -OCH3 is 1. The number of halogens is 2. The molecule has 1 fully saturated rings. The largest absolute Gasteiger partial charge is 0.497 e. The second kappa shape index (κ2) is 8.62. The van der Waals surface area contributed by atoms with Crippen LogP contribution >= 0.6 is 0 Å². The number of hydrogen-bond donors (Lipinski definition) is 1. The van der Waals surface area contributed by atoms with Gasteiger partial charge in [0.05, 0.1) is 19.2 Å². The van der Waals surface area contributed by atoms with Gasteiger partial charge in [0.2, 0.25) is 5.91 Å². The van der Waals surface area contributed by atoms with Gasteiger partial charge in [-0.1, -0.05) is 12.1 Å². The average molecular weight is 418 g/mol. The number of carbonyl (C=O) groups is 1. The van der Waals surface area contributed by atoms with Gasteiger partial charge in [0, 0.05) is 25.2 Å². The van der Waals surface area contributed by atoms with E-state index in [0.29, 0.717) is 31.7 Å². The monoisotopic (exact) mass is 418 g/mol. The first kappa shape index (κ1) is 20.6. The number of piperidine rings is 1. The van der Waals surface area contributed by atoms with Crippen molar-refractivity contribution in [2.75, 3.05) is 25.5 Å². The Kier molecular flexibility index (Phi) is 5.92. The van der Waals surface area contributed by atoms with Gasteiger partial charge >= 0.3 is 0 Å². The highest BCUT2D eigenvalue weighted by atomic mass is 19.3. The molecule has 1 aromatic carbocycles. The van der Waals surface area contributed by atoms with E-state index in [1.807, 2.05) is 42.2 Å². The number of benzene rings is 1. The number of anilines is 1. The highest BCUT2D eigenvalue weighted by Crippen LogP contribution is 2.36. The van der Waals surface area contributed by atoms with Crippen LogP contribution in [0.1, 0.15) is 36.6 Å². The quantitative estimate of drug-likeness (QED) is 0.805. The van der Waals surface area contributed by atoms with Crippen LogP contribution in [0.2, 0.25) is 0 Å². The molecule has 2 aromatic rings. The van der Waals surface area contributed by atoms with Crippen LogP contribution in [0.4, 0.5) is 14.6 Å². The number of hydrogen-bond acceptors (Lipinski definition) is 4. The predicted octanol–water partition coefficient (Wildman–Crippen LogP) is 3.67. The van der Waals surface area contributed by atoms with Gasteiger partial charge in [-0.15, -0.1) is 0 Å². The van der Waals surface area contributed by atoms with E-state index >= 15 is 0 Å². The Labute approximate surface area is 175 Å². The van der Waals surface area contributed by atoms with Crippen molar-refractivity contribution < 1.29 is 18.3 Å². The molecule has 4 rings (SSSR count). The number of carbonyl (C=O) groups excluding carboxylic acids is 1. The molecule has 8 heteroatoms. The number of likely N-dealkylation sites (tertiary alicyclic amines) is 1.